The van der Waals surface area contributed by atoms with E-state index in [0.717, 1.165) is 0 Å². The van der Waals surface area contributed by atoms with Gasteiger partial charge in [0, 0.05) is 28.7 Å². The van der Waals surface area contributed by atoms with E-state index in [1.807, 2.05) is 0 Å². The number of nitrogens with zero attached hydrogens (tertiary/aromatic N) is 1. The first-order valence-corrected chi connectivity index (χ1v) is 9.10. The van der Waals surface area contributed by atoms with Crippen LogP contribution in [0.3, 0.4) is 0 Å². The number of nitrogens with one attached hydrogen (secondary N) is 1. The highest BCUT2D eigenvalue weighted by molar-refractivity contribution is 6.31. The highest BCUT2D eigenvalue weighted by Gasteiger charge is 2.25. The second-order valence-electron chi connectivity index (χ2n) is 6.40. The maximum absolute atomic E-state index is 13.9. The van der Waals surface area contributed by atoms with E-state index < -0.39 is 5.82 Å². The van der Waals surface area contributed by atoms with Gasteiger partial charge >= 0.3 is 0 Å². The zero-order valence-corrected chi connectivity index (χ0v) is 15.5. The van der Waals surface area contributed by atoms with Crippen LogP contribution >= 0.6 is 23.2 Å². The van der Waals surface area contributed by atoms with Crippen LogP contribution in [0.5, 0.6) is 0 Å². The molecule has 1 saturated heterocycles. The second-order valence-corrected chi connectivity index (χ2v) is 7.25. The summed E-state index contributed by atoms with van der Waals surface area (Å²) in [6, 6.07) is 8.78. The van der Waals surface area contributed by atoms with E-state index in [-0.39, 0.29) is 22.7 Å². The van der Waals surface area contributed by atoms with Crippen LogP contribution in [0.1, 0.15) is 18.4 Å². The molecule has 2 aromatic rings. The van der Waals surface area contributed by atoms with Crippen LogP contribution in [0.4, 0.5) is 14.5 Å². The third-order valence-electron chi connectivity index (χ3n) is 4.55. The summed E-state index contributed by atoms with van der Waals surface area (Å²) in [5.74, 6) is -1.08. The van der Waals surface area contributed by atoms with E-state index in [1.165, 1.54) is 24.3 Å². The van der Waals surface area contributed by atoms with E-state index in [0.29, 0.717) is 48.7 Å². The van der Waals surface area contributed by atoms with Crippen LogP contribution in [0.2, 0.25) is 10.0 Å². The summed E-state index contributed by atoms with van der Waals surface area (Å²) < 4.78 is 27.1. The number of anilines is 1. The van der Waals surface area contributed by atoms with Gasteiger partial charge in [-0.15, -0.1) is 0 Å². The van der Waals surface area contributed by atoms with Crippen LogP contribution in [0, 0.1) is 17.6 Å². The molecule has 1 aliphatic heterocycles. The maximum Gasteiger partial charge on any atom is 0.227 e. The highest BCUT2D eigenvalue weighted by Crippen LogP contribution is 2.24. The zero-order valence-electron chi connectivity index (χ0n) is 13.9. The average Bonchev–Trinajstić information content (AvgIpc) is 2.61. The van der Waals surface area contributed by atoms with Gasteiger partial charge in [0.2, 0.25) is 5.91 Å². The molecule has 0 aliphatic carbocycles. The zero-order chi connectivity index (χ0) is 18.7. The number of rotatable bonds is 4. The lowest BCUT2D eigenvalue weighted by atomic mass is 9.95. The van der Waals surface area contributed by atoms with Crippen molar-refractivity contribution in [1.82, 2.24) is 4.90 Å². The second kappa shape index (κ2) is 8.33. The van der Waals surface area contributed by atoms with Gasteiger partial charge in [0.05, 0.1) is 5.02 Å². The highest BCUT2D eigenvalue weighted by atomic mass is 35.5. The molecule has 0 saturated carbocycles. The minimum absolute atomic E-state index is 0.0254. The Labute approximate surface area is 160 Å². The summed E-state index contributed by atoms with van der Waals surface area (Å²) in [6.07, 6.45) is 1.35. The maximum atomic E-state index is 13.9. The van der Waals surface area contributed by atoms with Crippen molar-refractivity contribution in [3.63, 3.8) is 0 Å². The number of likely N-dealkylation sites (tertiary alicyclic amines) is 1. The molecule has 0 atom stereocenters. The van der Waals surface area contributed by atoms with Gasteiger partial charge in [0.15, 0.2) is 0 Å². The Morgan fingerprint density at radius 3 is 2.46 bits per heavy atom. The summed E-state index contributed by atoms with van der Waals surface area (Å²) in [5.41, 5.74) is 1.07. The van der Waals surface area contributed by atoms with Gasteiger partial charge in [-0.05, 0) is 56.3 Å². The Morgan fingerprint density at radius 1 is 1.08 bits per heavy atom. The topological polar surface area (TPSA) is 32.3 Å². The first-order valence-electron chi connectivity index (χ1n) is 8.34. The van der Waals surface area contributed by atoms with Crippen molar-refractivity contribution in [3.8, 4) is 0 Å². The van der Waals surface area contributed by atoms with Gasteiger partial charge in [-0.3, -0.25) is 9.69 Å². The van der Waals surface area contributed by atoms with Crippen molar-refractivity contribution in [1.29, 1.82) is 0 Å². The number of amides is 1. The molecular weight excluding hydrogens is 381 g/mol. The summed E-state index contributed by atoms with van der Waals surface area (Å²) in [6.45, 7) is 1.89. The van der Waals surface area contributed by atoms with E-state index in [4.69, 9.17) is 23.2 Å². The normalized spacial score (nSPS) is 15.8. The van der Waals surface area contributed by atoms with Crippen molar-refractivity contribution in [2.24, 2.45) is 5.92 Å². The fraction of sp³-hybridized carbons (Fsp3) is 0.316. The number of benzene rings is 2. The van der Waals surface area contributed by atoms with Gasteiger partial charge in [0.1, 0.15) is 11.6 Å². The molecule has 3 rings (SSSR count). The Hall–Kier alpha value is -1.69. The first-order chi connectivity index (χ1) is 12.4. The molecule has 7 heteroatoms. The average molecular weight is 399 g/mol. The van der Waals surface area contributed by atoms with Crippen molar-refractivity contribution < 1.29 is 13.6 Å². The molecule has 1 amide bonds. The summed E-state index contributed by atoms with van der Waals surface area (Å²) >= 11 is 11.5. The summed E-state index contributed by atoms with van der Waals surface area (Å²) in [7, 11) is 0. The molecule has 1 heterocycles. The summed E-state index contributed by atoms with van der Waals surface area (Å²) in [4.78, 5) is 14.5. The van der Waals surface area contributed by atoms with Crippen LogP contribution in [-0.2, 0) is 11.3 Å². The number of halogens is 4. The Kier molecular flexibility index (Phi) is 6.12. The number of piperidine rings is 1. The lowest BCUT2D eigenvalue weighted by Gasteiger charge is -2.31. The number of carbonyl (C=O) groups excluding carboxylic acids is 1. The lowest BCUT2D eigenvalue weighted by molar-refractivity contribution is -0.121. The molecule has 2 aromatic carbocycles. The molecule has 3 nitrogen and oxygen atoms in total. The largest absolute Gasteiger partial charge is 0.326 e. The molecule has 26 heavy (non-hydrogen) atoms. The van der Waals surface area contributed by atoms with Gasteiger partial charge in [-0.2, -0.15) is 0 Å². The minimum atomic E-state index is -0.521. The van der Waals surface area contributed by atoms with Crippen molar-refractivity contribution in [2.45, 2.75) is 19.4 Å². The molecule has 0 aromatic heterocycles. The summed E-state index contributed by atoms with van der Waals surface area (Å²) in [5, 5.41) is 3.13. The number of hydrogen-bond donors (Lipinski definition) is 1. The van der Waals surface area contributed by atoms with Gasteiger partial charge in [0.25, 0.3) is 0 Å². The van der Waals surface area contributed by atoms with E-state index >= 15 is 0 Å². The molecule has 1 aliphatic rings. The molecular formula is C19H18Cl2F2N2O. The van der Waals surface area contributed by atoms with Crippen LogP contribution in [0.25, 0.3) is 0 Å². The number of carbonyl (C=O) groups is 1. The van der Waals surface area contributed by atoms with Gasteiger partial charge in [-0.25, -0.2) is 8.78 Å². The van der Waals surface area contributed by atoms with Gasteiger partial charge in [-0.1, -0.05) is 29.3 Å². The Morgan fingerprint density at radius 2 is 1.81 bits per heavy atom. The van der Waals surface area contributed by atoms with Crippen molar-refractivity contribution >= 4 is 34.8 Å². The monoisotopic (exact) mass is 398 g/mol. The molecule has 0 radical (unpaired) electrons. The predicted molar refractivity (Wildman–Crippen MR) is 99.5 cm³/mol. The van der Waals surface area contributed by atoms with E-state index in [1.54, 1.807) is 12.1 Å². The first kappa shape index (κ1) is 19.1. The van der Waals surface area contributed by atoms with Crippen LogP contribution in [-0.4, -0.2) is 23.9 Å². The Balaban J connectivity index is 1.52. The fourth-order valence-corrected chi connectivity index (χ4v) is 3.40. The van der Waals surface area contributed by atoms with E-state index in [2.05, 4.69) is 10.2 Å². The van der Waals surface area contributed by atoms with Crippen molar-refractivity contribution in [2.75, 3.05) is 18.4 Å². The smallest absolute Gasteiger partial charge is 0.227 e. The third-order valence-corrected chi connectivity index (χ3v) is 5.08. The van der Waals surface area contributed by atoms with Crippen molar-refractivity contribution in [3.05, 3.63) is 63.6 Å². The van der Waals surface area contributed by atoms with Crippen LogP contribution in [0.15, 0.2) is 36.4 Å². The Bertz CT molecular complexity index is 808. The minimum Gasteiger partial charge on any atom is -0.326 e. The standard InChI is InChI=1S/C19H18Cl2F2N2O/c20-14-2-1-13(18(23)9-14)11-25-7-5-12(6-8-25)19(26)24-15-3-4-17(22)16(21)10-15/h1-4,9-10,12H,5-8,11H2,(H,24,26). The molecule has 0 unspecified atom stereocenters. The molecule has 0 bridgehead atoms. The third kappa shape index (κ3) is 4.72. The molecule has 138 valence electrons. The fourth-order valence-electron chi connectivity index (χ4n) is 3.06. The molecule has 0 spiro atoms. The van der Waals surface area contributed by atoms with E-state index in [9.17, 15) is 13.6 Å². The van der Waals surface area contributed by atoms with Gasteiger partial charge < -0.3 is 5.32 Å². The predicted octanol–water partition coefficient (Wildman–Crippen LogP) is 5.12. The number of hydrogen-bond acceptors (Lipinski definition) is 2. The SMILES string of the molecule is O=C(Nc1ccc(F)c(Cl)c1)C1CCN(Cc2ccc(Cl)cc2F)CC1. The molecule has 1 fully saturated rings. The van der Waals surface area contributed by atoms with Crippen LogP contribution < -0.4 is 5.32 Å². The molecule has 1 N–H and O–H groups in total. The quantitative estimate of drug-likeness (QED) is 0.774. The lowest BCUT2D eigenvalue weighted by Crippen LogP contribution is -2.37.